The normalized spacial score (nSPS) is 12.2. The third kappa shape index (κ3) is 5.06. The topological polar surface area (TPSA) is 49.3 Å². The Morgan fingerprint density at radius 2 is 2.28 bits per heavy atom. The number of aliphatic hydroxyl groups is 1. The summed E-state index contributed by atoms with van der Waals surface area (Å²) in [4.78, 5) is 11.6. The van der Waals surface area contributed by atoms with Crippen molar-refractivity contribution in [2.24, 2.45) is 5.92 Å². The fraction of sp³-hybridized carbons (Fsp3) is 0.462. The van der Waals surface area contributed by atoms with Crippen LogP contribution in [0.1, 0.15) is 12.5 Å². The molecular weight excluding hydrogens is 253 g/mol. The maximum Gasteiger partial charge on any atom is 0.234 e. The molecule has 0 aliphatic carbocycles. The molecule has 5 heteroatoms. The number of hydrogen-bond donors (Lipinski definition) is 2. The van der Waals surface area contributed by atoms with Crippen LogP contribution in [0.15, 0.2) is 18.2 Å². The van der Waals surface area contributed by atoms with E-state index in [0.717, 1.165) is 5.75 Å². The van der Waals surface area contributed by atoms with E-state index in [1.165, 1.54) is 17.8 Å². The average molecular weight is 271 g/mol. The number of thioether (sulfide) groups is 1. The average Bonchev–Trinajstić information content (AvgIpc) is 2.33. The monoisotopic (exact) mass is 271 g/mol. The van der Waals surface area contributed by atoms with Crippen molar-refractivity contribution in [1.29, 1.82) is 0 Å². The summed E-state index contributed by atoms with van der Waals surface area (Å²) < 4.78 is 13.2. The van der Waals surface area contributed by atoms with E-state index < -0.39 is 0 Å². The number of carbonyl (C=O) groups excluding carboxylic acids is 1. The highest BCUT2D eigenvalue weighted by Crippen LogP contribution is 2.14. The molecule has 0 spiro atoms. The Kier molecular flexibility index (Phi) is 6.15. The van der Waals surface area contributed by atoms with E-state index >= 15 is 0 Å². The quantitative estimate of drug-likeness (QED) is 0.835. The lowest BCUT2D eigenvalue weighted by Crippen LogP contribution is -2.15. The van der Waals surface area contributed by atoms with Gasteiger partial charge in [0.1, 0.15) is 5.82 Å². The summed E-state index contributed by atoms with van der Waals surface area (Å²) in [7, 11) is 0. The summed E-state index contributed by atoms with van der Waals surface area (Å²) in [6.07, 6.45) is 0. The Bertz CT molecular complexity index is 412. The van der Waals surface area contributed by atoms with Gasteiger partial charge in [0.25, 0.3) is 0 Å². The van der Waals surface area contributed by atoms with Crippen molar-refractivity contribution in [3.63, 3.8) is 0 Å². The summed E-state index contributed by atoms with van der Waals surface area (Å²) >= 11 is 1.45. The first-order chi connectivity index (χ1) is 8.52. The van der Waals surface area contributed by atoms with E-state index in [0.29, 0.717) is 17.0 Å². The number of carbonyl (C=O) groups is 1. The Morgan fingerprint density at radius 1 is 1.56 bits per heavy atom. The van der Waals surface area contributed by atoms with Crippen molar-refractivity contribution >= 4 is 23.4 Å². The molecule has 1 aromatic rings. The van der Waals surface area contributed by atoms with E-state index in [4.69, 9.17) is 5.11 Å². The highest BCUT2D eigenvalue weighted by atomic mass is 32.2. The van der Waals surface area contributed by atoms with Gasteiger partial charge in [-0.05, 0) is 36.3 Å². The van der Waals surface area contributed by atoms with Crippen molar-refractivity contribution < 1.29 is 14.3 Å². The molecule has 100 valence electrons. The Morgan fingerprint density at radius 3 is 2.89 bits per heavy atom. The number of halogens is 1. The first-order valence-electron chi connectivity index (χ1n) is 5.77. The van der Waals surface area contributed by atoms with Gasteiger partial charge in [0.15, 0.2) is 0 Å². The molecule has 0 aliphatic heterocycles. The van der Waals surface area contributed by atoms with Gasteiger partial charge in [-0.1, -0.05) is 13.0 Å². The van der Waals surface area contributed by atoms with Gasteiger partial charge < -0.3 is 10.4 Å². The van der Waals surface area contributed by atoms with Crippen LogP contribution in [0.4, 0.5) is 10.1 Å². The lowest BCUT2D eigenvalue weighted by atomic mass is 10.2. The standard InChI is InChI=1S/C13H18FNO2S/c1-9(6-16)7-18-8-13(17)15-11-4-3-10(2)12(14)5-11/h3-5,9,16H,6-8H2,1-2H3,(H,15,17). The summed E-state index contributed by atoms with van der Waals surface area (Å²) in [6, 6.07) is 4.62. The van der Waals surface area contributed by atoms with E-state index in [9.17, 15) is 9.18 Å². The third-order valence-corrected chi connectivity index (χ3v) is 3.67. The van der Waals surface area contributed by atoms with Gasteiger partial charge >= 0.3 is 0 Å². The van der Waals surface area contributed by atoms with Gasteiger partial charge in [-0.15, -0.1) is 0 Å². The SMILES string of the molecule is Cc1ccc(NC(=O)CSCC(C)CO)cc1F. The second kappa shape index (κ2) is 7.38. The largest absolute Gasteiger partial charge is 0.396 e. The number of aryl methyl sites for hydroxylation is 1. The molecule has 1 rings (SSSR count). The van der Waals surface area contributed by atoms with Gasteiger partial charge in [-0.3, -0.25) is 4.79 Å². The second-order valence-electron chi connectivity index (χ2n) is 4.32. The van der Waals surface area contributed by atoms with Crippen molar-refractivity contribution in [3.8, 4) is 0 Å². The maximum atomic E-state index is 13.2. The molecule has 1 aromatic carbocycles. The first-order valence-corrected chi connectivity index (χ1v) is 6.93. The minimum atomic E-state index is -0.325. The van der Waals surface area contributed by atoms with Crippen molar-refractivity contribution in [2.75, 3.05) is 23.4 Å². The molecule has 1 amide bonds. The summed E-state index contributed by atoms with van der Waals surface area (Å²) in [5, 5.41) is 11.5. The van der Waals surface area contributed by atoms with Gasteiger partial charge in [0, 0.05) is 12.3 Å². The molecule has 18 heavy (non-hydrogen) atoms. The number of aliphatic hydroxyl groups excluding tert-OH is 1. The number of rotatable bonds is 6. The lowest BCUT2D eigenvalue weighted by molar-refractivity contribution is -0.113. The zero-order valence-electron chi connectivity index (χ0n) is 10.6. The zero-order valence-corrected chi connectivity index (χ0v) is 11.4. The fourth-order valence-corrected chi connectivity index (χ4v) is 2.16. The van der Waals surface area contributed by atoms with Crippen molar-refractivity contribution in [2.45, 2.75) is 13.8 Å². The maximum absolute atomic E-state index is 13.2. The van der Waals surface area contributed by atoms with Crippen LogP contribution in [0.3, 0.4) is 0 Å². The second-order valence-corrected chi connectivity index (χ2v) is 5.35. The molecule has 2 N–H and O–H groups in total. The molecule has 1 atom stereocenters. The zero-order chi connectivity index (χ0) is 13.5. The minimum absolute atomic E-state index is 0.123. The summed E-state index contributed by atoms with van der Waals surface area (Å²) in [5.74, 6) is 0.730. The van der Waals surface area contributed by atoms with Crippen LogP contribution >= 0.6 is 11.8 Å². The Labute approximate surface area is 111 Å². The van der Waals surface area contributed by atoms with Crippen LogP contribution in [0, 0.1) is 18.7 Å². The number of benzene rings is 1. The van der Waals surface area contributed by atoms with Gasteiger partial charge in [0.05, 0.1) is 5.75 Å². The fourth-order valence-electron chi connectivity index (χ4n) is 1.27. The highest BCUT2D eigenvalue weighted by molar-refractivity contribution is 7.99. The third-order valence-electron chi connectivity index (χ3n) is 2.40. The lowest BCUT2D eigenvalue weighted by Gasteiger charge is -2.08. The van der Waals surface area contributed by atoms with Crippen LogP contribution in [-0.4, -0.2) is 29.1 Å². The van der Waals surface area contributed by atoms with Gasteiger partial charge in [-0.25, -0.2) is 4.39 Å². The number of anilines is 1. The molecule has 0 saturated carbocycles. The summed E-state index contributed by atoms with van der Waals surface area (Å²) in [5.41, 5.74) is 1.03. The molecule has 0 heterocycles. The van der Waals surface area contributed by atoms with Crippen LogP contribution in [-0.2, 0) is 4.79 Å². The number of amides is 1. The van der Waals surface area contributed by atoms with E-state index in [2.05, 4.69) is 5.32 Å². The number of hydrogen-bond acceptors (Lipinski definition) is 3. The molecule has 0 radical (unpaired) electrons. The molecule has 0 bridgehead atoms. The van der Waals surface area contributed by atoms with Crippen LogP contribution in [0.2, 0.25) is 0 Å². The molecule has 0 saturated heterocycles. The van der Waals surface area contributed by atoms with Gasteiger partial charge in [-0.2, -0.15) is 11.8 Å². The number of nitrogens with one attached hydrogen (secondary N) is 1. The molecule has 0 fully saturated rings. The van der Waals surface area contributed by atoms with E-state index in [1.54, 1.807) is 19.1 Å². The Hall–Kier alpha value is -1.07. The molecular formula is C13H18FNO2S. The first kappa shape index (κ1) is 15.0. The van der Waals surface area contributed by atoms with Crippen molar-refractivity contribution in [3.05, 3.63) is 29.6 Å². The Balaban J connectivity index is 2.38. The summed E-state index contributed by atoms with van der Waals surface area (Å²) in [6.45, 7) is 3.71. The van der Waals surface area contributed by atoms with Gasteiger partial charge in [0.2, 0.25) is 5.91 Å². The van der Waals surface area contributed by atoms with Crippen LogP contribution in [0.25, 0.3) is 0 Å². The minimum Gasteiger partial charge on any atom is -0.396 e. The highest BCUT2D eigenvalue weighted by Gasteiger charge is 2.06. The predicted octanol–water partition coefficient (Wildman–Crippen LogP) is 2.43. The molecule has 0 aromatic heterocycles. The van der Waals surface area contributed by atoms with E-state index in [1.807, 2.05) is 6.92 Å². The van der Waals surface area contributed by atoms with Crippen LogP contribution < -0.4 is 5.32 Å². The van der Waals surface area contributed by atoms with Crippen molar-refractivity contribution in [1.82, 2.24) is 0 Å². The smallest absolute Gasteiger partial charge is 0.234 e. The predicted molar refractivity (Wildman–Crippen MR) is 73.3 cm³/mol. The van der Waals surface area contributed by atoms with E-state index in [-0.39, 0.29) is 24.2 Å². The molecule has 3 nitrogen and oxygen atoms in total. The molecule has 1 unspecified atom stereocenters. The van der Waals surface area contributed by atoms with Crippen LogP contribution in [0.5, 0.6) is 0 Å². The molecule has 0 aliphatic rings.